The highest BCUT2D eigenvalue weighted by Crippen LogP contribution is 2.23. The first-order valence-corrected chi connectivity index (χ1v) is 5.73. The number of halogens is 2. The summed E-state index contributed by atoms with van der Waals surface area (Å²) in [5.74, 6) is -1.55. The standard InChI is InChI=1S/C12H14F2N2O2/c13-9-1-2-10(11(14)7-9)12(15-17)8-3-5-16(18)6-4-8/h1-2,7-8,17-18H,3-6H2/b15-12+. The maximum atomic E-state index is 13.6. The van der Waals surface area contributed by atoms with Crippen molar-refractivity contribution in [2.45, 2.75) is 12.8 Å². The lowest BCUT2D eigenvalue weighted by Crippen LogP contribution is -2.34. The number of hydrogen-bond donors (Lipinski definition) is 2. The smallest absolute Gasteiger partial charge is 0.135 e. The molecule has 0 amide bonds. The van der Waals surface area contributed by atoms with E-state index in [1.807, 2.05) is 0 Å². The Balaban J connectivity index is 2.23. The minimum absolute atomic E-state index is 0.107. The minimum Gasteiger partial charge on any atom is -0.411 e. The summed E-state index contributed by atoms with van der Waals surface area (Å²) in [7, 11) is 0. The van der Waals surface area contributed by atoms with E-state index >= 15 is 0 Å². The summed E-state index contributed by atoms with van der Waals surface area (Å²) in [6.45, 7) is 0.874. The molecule has 0 aromatic heterocycles. The number of rotatable bonds is 2. The quantitative estimate of drug-likeness (QED) is 0.484. The molecule has 1 aromatic rings. The molecule has 1 saturated heterocycles. The highest BCUT2D eigenvalue weighted by Gasteiger charge is 2.26. The molecule has 2 rings (SSSR count). The summed E-state index contributed by atoms with van der Waals surface area (Å²) in [6, 6.07) is 3.16. The summed E-state index contributed by atoms with van der Waals surface area (Å²) < 4.78 is 26.5. The van der Waals surface area contributed by atoms with E-state index in [4.69, 9.17) is 5.21 Å². The Morgan fingerprint density at radius 1 is 1.28 bits per heavy atom. The fraction of sp³-hybridized carbons (Fsp3) is 0.417. The molecule has 0 atom stereocenters. The number of oxime groups is 1. The Morgan fingerprint density at radius 3 is 2.50 bits per heavy atom. The summed E-state index contributed by atoms with van der Waals surface area (Å²) >= 11 is 0. The molecule has 1 aliphatic heterocycles. The van der Waals surface area contributed by atoms with Crippen molar-refractivity contribution >= 4 is 5.71 Å². The van der Waals surface area contributed by atoms with Crippen molar-refractivity contribution in [3.63, 3.8) is 0 Å². The van der Waals surface area contributed by atoms with Gasteiger partial charge in [-0.2, -0.15) is 5.06 Å². The van der Waals surface area contributed by atoms with E-state index < -0.39 is 11.6 Å². The van der Waals surface area contributed by atoms with Crippen LogP contribution >= 0.6 is 0 Å². The molecular formula is C12H14F2N2O2. The van der Waals surface area contributed by atoms with Crippen LogP contribution in [0, 0.1) is 17.6 Å². The predicted octanol–water partition coefficient (Wildman–Crippen LogP) is 2.24. The highest BCUT2D eigenvalue weighted by atomic mass is 19.1. The van der Waals surface area contributed by atoms with Gasteiger partial charge in [-0.1, -0.05) is 5.16 Å². The number of hydroxylamine groups is 2. The first-order valence-electron chi connectivity index (χ1n) is 5.73. The third-order valence-corrected chi connectivity index (χ3v) is 3.17. The Hall–Kier alpha value is -1.53. The van der Waals surface area contributed by atoms with Crippen LogP contribution in [-0.4, -0.2) is 34.3 Å². The van der Waals surface area contributed by atoms with Gasteiger partial charge in [-0.05, 0) is 25.0 Å². The molecule has 0 bridgehead atoms. The molecule has 6 heteroatoms. The summed E-state index contributed by atoms with van der Waals surface area (Å²) in [4.78, 5) is 0. The molecule has 18 heavy (non-hydrogen) atoms. The largest absolute Gasteiger partial charge is 0.411 e. The normalized spacial score (nSPS) is 19.2. The topological polar surface area (TPSA) is 56.1 Å². The fourth-order valence-corrected chi connectivity index (χ4v) is 2.19. The first kappa shape index (κ1) is 12.9. The van der Waals surface area contributed by atoms with Crippen molar-refractivity contribution in [3.8, 4) is 0 Å². The van der Waals surface area contributed by atoms with Gasteiger partial charge in [0.2, 0.25) is 0 Å². The van der Waals surface area contributed by atoms with Gasteiger partial charge >= 0.3 is 0 Å². The minimum atomic E-state index is -0.741. The van der Waals surface area contributed by atoms with Gasteiger partial charge in [0.1, 0.15) is 11.6 Å². The van der Waals surface area contributed by atoms with E-state index in [9.17, 15) is 14.0 Å². The van der Waals surface area contributed by atoms with Crippen LogP contribution in [-0.2, 0) is 0 Å². The van der Waals surface area contributed by atoms with E-state index in [-0.39, 0.29) is 17.2 Å². The van der Waals surface area contributed by atoms with E-state index in [0.29, 0.717) is 25.9 Å². The predicted molar refractivity (Wildman–Crippen MR) is 60.8 cm³/mol. The molecule has 0 radical (unpaired) electrons. The molecule has 1 fully saturated rings. The molecule has 0 spiro atoms. The maximum Gasteiger partial charge on any atom is 0.135 e. The monoisotopic (exact) mass is 256 g/mol. The summed E-state index contributed by atoms with van der Waals surface area (Å²) in [5.41, 5.74) is 0.316. The molecule has 0 saturated carbocycles. The lowest BCUT2D eigenvalue weighted by Gasteiger charge is -2.27. The Morgan fingerprint density at radius 2 is 1.94 bits per heavy atom. The highest BCUT2D eigenvalue weighted by molar-refractivity contribution is 6.02. The van der Waals surface area contributed by atoms with Crippen LogP contribution in [0.25, 0.3) is 0 Å². The van der Waals surface area contributed by atoms with E-state index in [2.05, 4.69) is 5.16 Å². The van der Waals surface area contributed by atoms with Gasteiger partial charge in [-0.3, -0.25) is 0 Å². The van der Waals surface area contributed by atoms with Crippen LogP contribution in [0.1, 0.15) is 18.4 Å². The molecule has 0 aliphatic carbocycles. The van der Waals surface area contributed by atoms with E-state index in [0.717, 1.165) is 12.1 Å². The number of benzene rings is 1. The van der Waals surface area contributed by atoms with Crippen LogP contribution < -0.4 is 0 Å². The van der Waals surface area contributed by atoms with Gasteiger partial charge in [0.15, 0.2) is 0 Å². The van der Waals surface area contributed by atoms with Crippen LogP contribution in [0.2, 0.25) is 0 Å². The van der Waals surface area contributed by atoms with Crippen molar-refractivity contribution in [3.05, 3.63) is 35.4 Å². The van der Waals surface area contributed by atoms with E-state index in [1.165, 1.54) is 11.1 Å². The number of nitrogens with zero attached hydrogens (tertiary/aromatic N) is 2. The van der Waals surface area contributed by atoms with Gasteiger partial charge < -0.3 is 10.4 Å². The van der Waals surface area contributed by atoms with Crippen molar-refractivity contribution in [1.29, 1.82) is 0 Å². The zero-order valence-corrected chi connectivity index (χ0v) is 9.68. The average Bonchev–Trinajstić information content (AvgIpc) is 2.35. The zero-order chi connectivity index (χ0) is 13.1. The second-order valence-corrected chi connectivity index (χ2v) is 4.34. The van der Waals surface area contributed by atoms with Crippen LogP contribution in [0.4, 0.5) is 8.78 Å². The number of piperidine rings is 1. The van der Waals surface area contributed by atoms with Crippen LogP contribution in [0.15, 0.2) is 23.4 Å². The lowest BCUT2D eigenvalue weighted by atomic mass is 9.88. The third kappa shape index (κ3) is 2.65. The van der Waals surface area contributed by atoms with Crippen molar-refractivity contribution in [2.75, 3.05) is 13.1 Å². The first-order chi connectivity index (χ1) is 8.61. The van der Waals surface area contributed by atoms with Gasteiger partial charge in [0.25, 0.3) is 0 Å². The SMILES string of the molecule is O/N=C(/c1ccc(F)cc1F)C1CCN(O)CC1. The molecule has 4 nitrogen and oxygen atoms in total. The Bertz CT molecular complexity index is 457. The molecule has 1 aliphatic rings. The zero-order valence-electron chi connectivity index (χ0n) is 9.68. The molecule has 1 aromatic carbocycles. The maximum absolute atomic E-state index is 13.6. The molecule has 2 N–H and O–H groups in total. The molecule has 98 valence electrons. The van der Waals surface area contributed by atoms with Crippen molar-refractivity contribution < 1.29 is 19.2 Å². The third-order valence-electron chi connectivity index (χ3n) is 3.17. The van der Waals surface area contributed by atoms with Gasteiger partial charge in [0.05, 0.1) is 5.71 Å². The number of hydrogen-bond acceptors (Lipinski definition) is 4. The fourth-order valence-electron chi connectivity index (χ4n) is 2.19. The molecule has 0 unspecified atom stereocenters. The van der Waals surface area contributed by atoms with Crippen molar-refractivity contribution in [2.24, 2.45) is 11.1 Å². The van der Waals surface area contributed by atoms with Crippen molar-refractivity contribution in [1.82, 2.24) is 5.06 Å². The van der Waals surface area contributed by atoms with Crippen LogP contribution in [0.3, 0.4) is 0 Å². The van der Waals surface area contributed by atoms with E-state index in [1.54, 1.807) is 0 Å². The Labute approximate surface area is 103 Å². The van der Waals surface area contributed by atoms with Crippen LogP contribution in [0.5, 0.6) is 0 Å². The van der Waals surface area contributed by atoms with Gasteiger partial charge in [0, 0.05) is 30.6 Å². The lowest BCUT2D eigenvalue weighted by molar-refractivity contribution is -0.107. The Kier molecular flexibility index (Phi) is 3.88. The summed E-state index contributed by atoms with van der Waals surface area (Å²) in [5, 5.41) is 22.6. The van der Waals surface area contributed by atoms with Gasteiger partial charge in [-0.25, -0.2) is 8.78 Å². The molecule has 1 heterocycles. The summed E-state index contributed by atoms with van der Waals surface area (Å²) in [6.07, 6.45) is 1.12. The average molecular weight is 256 g/mol. The second-order valence-electron chi connectivity index (χ2n) is 4.34. The molecular weight excluding hydrogens is 242 g/mol. The van der Waals surface area contributed by atoms with Gasteiger partial charge in [-0.15, -0.1) is 0 Å². The second kappa shape index (κ2) is 5.41.